The lowest BCUT2D eigenvalue weighted by atomic mass is 10.0. The van der Waals surface area contributed by atoms with E-state index in [1.54, 1.807) is 6.07 Å². The van der Waals surface area contributed by atoms with Crippen LogP contribution >= 0.6 is 34.8 Å². The summed E-state index contributed by atoms with van der Waals surface area (Å²) in [6.07, 6.45) is -1.39. The van der Waals surface area contributed by atoms with Gasteiger partial charge in [-0.15, -0.1) is 23.2 Å². The smallest absolute Gasteiger partial charge is 0.134 e. The first-order valence-electron chi connectivity index (χ1n) is 10.2. The molecule has 166 valence electrons. The number of halogens is 5. The molecule has 0 heterocycles. The van der Waals surface area contributed by atoms with Crippen molar-refractivity contribution in [2.24, 2.45) is 5.92 Å². The predicted molar refractivity (Wildman–Crippen MR) is 131 cm³/mol. The average Bonchev–Trinajstić information content (AvgIpc) is 3.32. The van der Waals surface area contributed by atoms with Gasteiger partial charge in [-0.2, -0.15) is 0 Å². The molecular formula is C26H22Cl3F2N. The van der Waals surface area contributed by atoms with Crippen LogP contribution in [0.5, 0.6) is 0 Å². The third kappa shape index (κ3) is 4.39. The van der Waals surface area contributed by atoms with Crippen molar-refractivity contribution in [1.29, 1.82) is 0 Å². The molecule has 0 aromatic heterocycles. The molecule has 1 N–H and O–H groups in total. The van der Waals surface area contributed by atoms with Gasteiger partial charge in [-0.05, 0) is 49.2 Å². The summed E-state index contributed by atoms with van der Waals surface area (Å²) in [6.45, 7) is 7.45. The number of hydrogen-bond donors (Lipinski definition) is 1. The molecule has 1 nitrogen and oxygen atoms in total. The first-order valence-corrected chi connectivity index (χ1v) is 11.4. The second-order valence-electron chi connectivity index (χ2n) is 8.24. The zero-order valence-electron chi connectivity index (χ0n) is 17.6. The Labute approximate surface area is 202 Å². The van der Waals surface area contributed by atoms with E-state index < -0.39 is 16.3 Å². The summed E-state index contributed by atoms with van der Waals surface area (Å²) < 4.78 is 26.7. The van der Waals surface area contributed by atoms with E-state index in [1.807, 2.05) is 49.4 Å². The third-order valence-corrected chi connectivity index (χ3v) is 7.14. The highest BCUT2D eigenvalue weighted by Gasteiger charge is 2.65. The Morgan fingerprint density at radius 1 is 1.06 bits per heavy atom. The largest absolute Gasteiger partial charge is 0.359 e. The Bertz CT molecular complexity index is 1170. The molecule has 32 heavy (non-hydrogen) atoms. The monoisotopic (exact) mass is 491 g/mol. The van der Waals surface area contributed by atoms with Crippen LogP contribution in [0.25, 0.3) is 11.1 Å². The maximum Gasteiger partial charge on any atom is 0.134 e. The van der Waals surface area contributed by atoms with Gasteiger partial charge in [-0.1, -0.05) is 60.1 Å². The van der Waals surface area contributed by atoms with Crippen molar-refractivity contribution in [2.75, 3.05) is 5.32 Å². The van der Waals surface area contributed by atoms with E-state index >= 15 is 0 Å². The van der Waals surface area contributed by atoms with Crippen molar-refractivity contribution in [3.05, 3.63) is 100 Å². The van der Waals surface area contributed by atoms with Crippen LogP contribution < -0.4 is 5.32 Å². The van der Waals surface area contributed by atoms with Crippen molar-refractivity contribution < 1.29 is 8.78 Å². The number of aryl methyl sites for hydroxylation is 1. The van der Waals surface area contributed by atoms with Crippen molar-refractivity contribution in [3.63, 3.8) is 0 Å². The van der Waals surface area contributed by atoms with Gasteiger partial charge in [0.25, 0.3) is 0 Å². The molecule has 4 rings (SSSR count). The lowest BCUT2D eigenvalue weighted by Gasteiger charge is -2.13. The molecule has 0 amide bonds. The van der Waals surface area contributed by atoms with E-state index in [-0.39, 0.29) is 17.4 Å². The van der Waals surface area contributed by atoms with Crippen molar-refractivity contribution in [1.82, 2.24) is 0 Å². The minimum absolute atomic E-state index is 0.0162. The van der Waals surface area contributed by atoms with Gasteiger partial charge in [0.15, 0.2) is 0 Å². The molecular weight excluding hydrogens is 471 g/mol. The van der Waals surface area contributed by atoms with Crippen molar-refractivity contribution in [3.8, 4) is 11.1 Å². The Morgan fingerprint density at radius 3 is 2.38 bits per heavy atom. The minimum Gasteiger partial charge on any atom is -0.359 e. The summed E-state index contributed by atoms with van der Waals surface area (Å²) in [5, 5.41) is 3.91. The van der Waals surface area contributed by atoms with Crippen LogP contribution in [0.1, 0.15) is 35.7 Å². The quantitative estimate of drug-likeness (QED) is 0.338. The summed E-state index contributed by atoms with van der Waals surface area (Å²) in [6, 6.07) is 18.1. The van der Waals surface area contributed by atoms with Crippen molar-refractivity contribution in [2.45, 2.75) is 30.3 Å². The predicted octanol–water partition coefficient (Wildman–Crippen LogP) is 9.00. The summed E-state index contributed by atoms with van der Waals surface area (Å²) in [5.41, 5.74) is 5.08. The van der Waals surface area contributed by atoms with Gasteiger partial charge in [-0.25, -0.2) is 8.78 Å². The first kappa shape index (κ1) is 23.1. The fourth-order valence-electron chi connectivity index (χ4n) is 4.05. The number of anilines is 1. The molecule has 1 saturated carbocycles. The van der Waals surface area contributed by atoms with Crippen LogP contribution in [0, 0.1) is 18.7 Å². The Morgan fingerprint density at radius 2 is 1.75 bits per heavy atom. The van der Waals surface area contributed by atoms with E-state index in [9.17, 15) is 8.78 Å². The van der Waals surface area contributed by atoms with Crippen molar-refractivity contribution >= 4 is 40.5 Å². The average molecular weight is 493 g/mol. The van der Waals surface area contributed by atoms with E-state index in [2.05, 4.69) is 11.9 Å². The Kier molecular flexibility index (Phi) is 6.28. The van der Waals surface area contributed by atoms with Gasteiger partial charge in [0.05, 0.1) is 0 Å². The lowest BCUT2D eigenvalue weighted by Crippen LogP contribution is -2.04. The maximum atomic E-state index is 14.3. The number of nitrogens with one attached hydrogen (secondary N) is 1. The molecule has 3 aromatic carbocycles. The van der Waals surface area contributed by atoms with Gasteiger partial charge in [0.2, 0.25) is 0 Å². The van der Waals surface area contributed by atoms with E-state index in [1.165, 1.54) is 24.6 Å². The summed E-state index contributed by atoms with van der Waals surface area (Å²) >= 11 is 19.5. The van der Waals surface area contributed by atoms with Gasteiger partial charge < -0.3 is 5.32 Å². The van der Waals surface area contributed by atoms with E-state index in [0.717, 1.165) is 16.8 Å². The maximum absolute atomic E-state index is 14.3. The summed E-state index contributed by atoms with van der Waals surface area (Å²) in [4.78, 5) is 0. The summed E-state index contributed by atoms with van der Waals surface area (Å²) in [7, 11) is 0. The topological polar surface area (TPSA) is 12.0 Å². The standard InChI is InChI=1S/C26H22Cl3F2N/c1-14-4-6-17(7-5-14)21-13-19(9-11-22(21)27)32-16(3)24-25(26(24,28)29)18-8-10-20(15(2)30)23(31)12-18/h4-13,15,24-25,32H,3H2,1-2H3. The summed E-state index contributed by atoms with van der Waals surface area (Å²) in [5.74, 6) is -1.29. The van der Waals surface area contributed by atoms with E-state index in [4.69, 9.17) is 34.8 Å². The van der Waals surface area contributed by atoms with Crippen LogP contribution in [0.2, 0.25) is 5.02 Å². The Balaban J connectivity index is 1.55. The number of hydrogen-bond acceptors (Lipinski definition) is 1. The van der Waals surface area contributed by atoms with Crippen LogP contribution in [-0.2, 0) is 0 Å². The molecule has 1 aliphatic carbocycles. The van der Waals surface area contributed by atoms with Gasteiger partial charge in [0.1, 0.15) is 16.3 Å². The number of benzene rings is 3. The third-order valence-electron chi connectivity index (χ3n) is 5.87. The molecule has 0 saturated heterocycles. The van der Waals surface area contributed by atoms with Crippen LogP contribution in [-0.4, -0.2) is 4.33 Å². The lowest BCUT2D eigenvalue weighted by molar-refractivity contribution is 0.361. The molecule has 6 heteroatoms. The molecule has 0 radical (unpaired) electrons. The fraction of sp³-hybridized carbons (Fsp3) is 0.231. The number of alkyl halides is 3. The highest BCUT2D eigenvalue weighted by atomic mass is 35.5. The highest BCUT2D eigenvalue weighted by Crippen LogP contribution is 2.67. The molecule has 1 aliphatic rings. The first-order chi connectivity index (χ1) is 15.1. The molecule has 1 fully saturated rings. The zero-order chi connectivity index (χ0) is 23.2. The number of allylic oxidation sites excluding steroid dienone is 1. The van der Waals surface area contributed by atoms with E-state index in [0.29, 0.717) is 16.3 Å². The van der Waals surface area contributed by atoms with Crippen LogP contribution in [0.3, 0.4) is 0 Å². The molecule has 0 aliphatic heterocycles. The number of rotatable bonds is 6. The molecule has 3 aromatic rings. The zero-order valence-corrected chi connectivity index (χ0v) is 19.9. The fourth-order valence-corrected chi connectivity index (χ4v) is 5.17. The van der Waals surface area contributed by atoms with Gasteiger partial charge >= 0.3 is 0 Å². The minimum atomic E-state index is -1.39. The molecule has 0 bridgehead atoms. The Hall–Kier alpha value is -2.07. The highest BCUT2D eigenvalue weighted by molar-refractivity contribution is 6.52. The normalized spacial score (nSPS) is 20.0. The second kappa shape index (κ2) is 8.70. The van der Waals surface area contributed by atoms with Crippen LogP contribution in [0.15, 0.2) is 72.9 Å². The van der Waals surface area contributed by atoms with Gasteiger partial charge in [0, 0.05) is 39.4 Å². The van der Waals surface area contributed by atoms with Gasteiger partial charge in [-0.3, -0.25) is 0 Å². The molecule has 0 spiro atoms. The molecule has 3 unspecified atom stereocenters. The molecule has 3 atom stereocenters. The second-order valence-corrected chi connectivity index (χ2v) is 10.1. The van der Waals surface area contributed by atoms with Crippen LogP contribution in [0.4, 0.5) is 14.5 Å². The SMILES string of the molecule is C=C(Nc1ccc(Cl)c(-c2ccc(C)cc2)c1)C1C(c2ccc(C(C)F)c(F)c2)C1(Cl)Cl.